The van der Waals surface area contributed by atoms with Crippen molar-refractivity contribution in [3.63, 3.8) is 0 Å². The number of piperazine rings is 1. The smallest absolute Gasteiger partial charge is 0.255 e. The predicted molar refractivity (Wildman–Crippen MR) is 214 cm³/mol. The van der Waals surface area contributed by atoms with Crippen LogP contribution in [0, 0.1) is 5.92 Å². The van der Waals surface area contributed by atoms with E-state index in [4.69, 9.17) is 4.74 Å². The lowest BCUT2D eigenvalue weighted by Gasteiger charge is -2.47. The second-order valence-electron chi connectivity index (χ2n) is 16.7. The third-order valence-corrected chi connectivity index (χ3v) is 13.5. The first-order valence-corrected chi connectivity index (χ1v) is 20.5. The number of carbonyl (C=O) groups excluding carboxylic acids is 3. The first-order valence-electron chi connectivity index (χ1n) is 20.5. The van der Waals surface area contributed by atoms with Crippen molar-refractivity contribution in [2.24, 2.45) is 5.92 Å². The minimum absolute atomic E-state index is 0.166. The van der Waals surface area contributed by atoms with Crippen molar-refractivity contribution in [2.75, 3.05) is 55.7 Å². The van der Waals surface area contributed by atoms with Crippen LogP contribution in [0.2, 0.25) is 0 Å². The van der Waals surface area contributed by atoms with Crippen LogP contribution in [0.25, 0.3) is 0 Å². The molecule has 4 atom stereocenters. The van der Waals surface area contributed by atoms with Crippen LogP contribution in [0.15, 0.2) is 84.9 Å². The number of piperidine rings is 2. The van der Waals surface area contributed by atoms with Gasteiger partial charge in [0, 0.05) is 68.4 Å². The molecule has 4 aromatic rings. The standard InChI is InChI=1S/C46H49N5O5/c52-35-11-13-37-32(24-35)8-12-36(30-4-2-1-3-5-30)43(37)31-6-9-33(10-7-31)49-20-18-29(19-21-49)25-48-22-23-50-34(26-48)28-56-44-39-27-51(41-16-17-42(53)47-45(41)54)46(55)38(39)14-15-40(44)50/h1-7,9-11,13-15,24,29,34,36,41,43,52H,8,12,16-23,25-28H2,(H,47,53,54)/t34-,36+,41?,43-/m0/s1. The Kier molecular flexibility index (Phi) is 8.96. The summed E-state index contributed by atoms with van der Waals surface area (Å²) < 4.78 is 6.44. The van der Waals surface area contributed by atoms with Gasteiger partial charge >= 0.3 is 0 Å². The SMILES string of the molecule is O=C1CCC(N2Cc3c(ccc4c3OC[C@@H]3CN(CC5CCN(c6ccc([C@@H]7c8ccc(O)cc8CC[C@@H]7c7ccccc7)cc6)CC5)CCN43)C2=O)C(=O)N1. The van der Waals surface area contributed by atoms with Gasteiger partial charge in [-0.15, -0.1) is 0 Å². The largest absolute Gasteiger partial charge is 0.508 e. The van der Waals surface area contributed by atoms with Gasteiger partial charge in [-0.1, -0.05) is 48.5 Å². The molecule has 10 nitrogen and oxygen atoms in total. The number of carbonyl (C=O) groups is 3. The molecule has 0 saturated carbocycles. The van der Waals surface area contributed by atoms with Crippen LogP contribution < -0.4 is 19.9 Å². The van der Waals surface area contributed by atoms with E-state index in [1.807, 2.05) is 24.3 Å². The number of hydrogen-bond acceptors (Lipinski definition) is 8. The van der Waals surface area contributed by atoms with Crippen LogP contribution in [-0.2, 0) is 22.6 Å². The average molecular weight is 752 g/mol. The Hall–Kier alpha value is -5.35. The lowest BCUT2D eigenvalue weighted by molar-refractivity contribution is -0.136. The van der Waals surface area contributed by atoms with Gasteiger partial charge < -0.3 is 24.5 Å². The molecule has 2 N–H and O–H groups in total. The highest BCUT2D eigenvalue weighted by molar-refractivity contribution is 6.06. The van der Waals surface area contributed by atoms with E-state index in [9.17, 15) is 19.5 Å². The molecular formula is C46H49N5O5. The summed E-state index contributed by atoms with van der Waals surface area (Å²) >= 11 is 0. The Balaban J connectivity index is 0.758. The number of fused-ring (bicyclic) bond motifs is 6. The minimum atomic E-state index is -0.633. The number of imide groups is 1. The number of nitrogens with zero attached hydrogens (tertiary/aromatic N) is 4. The van der Waals surface area contributed by atoms with Gasteiger partial charge in [0.05, 0.1) is 18.3 Å². The molecule has 3 saturated heterocycles. The molecule has 288 valence electrons. The third kappa shape index (κ3) is 6.28. The topological polar surface area (TPSA) is 106 Å². The summed E-state index contributed by atoms with van der Waals surface area (Å²) in [5.74, 6) is 1.59. The Bertz CT molecular complexity index is 2170. The van der Waals surface area contributed by atoms with Crippen LogP contribution in [0.1, 0.15) is 82.1 Å². The zero-order valence-corrected chi connectivity index (χ0v) is 31.7. The number of aryl methyl sites for hydroxylation is 1. The average Bonchev–Trinajstić information content (AvgIpc) is 3.56. The van der Waals surface area contributed by atoms with E-state index in [0.717, 1.165) is 69.1 Å². The van der Waals surface area contributed by atoms with Crippen molar-refractivity contribution < 1.29 is 24.2 Å². The van der Waals surface area contributed by atoms with E-state index in [1.165, 1.54) is 40.8 Å². The molecule has 6 aliphatic rings. The summed E-state index contributed by atoms with van der Waals surface area (Å²) in [5, 5.41) is 12.6. The molecule has 56 heavy (non-hydrogen) atoms. The quantitative estimate of drug-likeness (QED) is 0.238. The van der Waals surface area contributed by atoms with Gasteiger partial charge in [0.1, 0.15) is 24.1 Å². The Morgan fingerprint density at radius 2 is 1.61 bits per heavy atom. The number of hydrogen-bond donors (Lipinski definition) is 2. The Morgan fingerprint density at radius 3 is 2.41 bits per heavy atom. The number of amides is 3. The summed E-state index contributed by atoms with van der Waals surface area (Å²) in [6, 6.07) is 29.7. The minimum Gasteiger partial charge on any atom is -0.508 e. The van der Waals surface area contributed by atoms with Gasteiger partial charge in [0.15, 0.2) is 0 Å². The predicted octanol–water partition coefficient (Wildman–Crippen LogP) is 5.81. The Morgan fingerprint density at radius 1 is 0.786 bits per heavy atom. The summed E-state index contributed by atoms with van der Waals surface area (Å²) in [6.07, 6.45) is 4.98. The van der Waals surface area contributed by atoms with Crippen molar-refractivity contribution in [1.82, 2.24) is 15.1 Å². The summed E-state index contributed by atoms with van der Waals surface area (Å²) in [6.45, 7) is 6.96. The van der Waals surface area contributed by atoms with Crippen molar-refractivity contribution in [3.8, 4) is 11.5 Å². The molecule has 3 amide bonds. The first kappa shape index (κ1) is 35.1. The first-order chi connectivity index (χ1) is 27.4. The highest BCUT2D eigenvalue weighted by atomic mass is 16.5. The lowest BCUT2D eigenvalue weighted by Crippen LogP contribution is -2.58. The van der Waals surface area contributed by atoms with Crippen LogP contribution in [0.3, 0.4) is 0 Å². The maximum atomic E-state index is 13.4. The number of benzene rings is 4. The second-order valence-corrected chi connectivity index (χ2v) is 16.7. The second kappa shape index (κ2) is 14.3. The van der Waals surface area contributed by atoms with Gasteiger partial charge in [-0.25, -0.2) is 0 Å². The van der Waals surface area contributed by atoms with Crippen LogP contribution in [0.5, 0.6) is 11.5 Å². The molecule has 10 rings (SSSR count). The van der Waals surface area contributed by atoms with Crippen LogP contribution in [-0.4, -0.2) is 90.6 Å². The van der Waals surface area contributed by atoms with E-state index < -0.39 is 11.9 Å². The zero-order valence-electron chi connectivity index (χ0n) is 31.7. The molecule has 0 spiro atoms. The number of phenols is 1. The number of ether oxygens (including phenoxy) is 1. The number of rotatable bonds is 6. The van der Waals surface area contributed by atoms with Gasteiger partial charge in [-0.3, -0.25) is 24.6 Å². The summed E-state index contributed by atoms with van der Waals surface area (Å²) in [4.78, 5) is 46.9. The molecule has 0 aromatic heterocycles. The fourth-order valence-electron chi connectivity index (χ4n) is 10.6. The zero-order chi connectivity index (χ0) is 37.9. The van der Waals surface area contributed by atoms with E-state index in [1.54, 1.807) is 4.90 Å². The number of phenolic OH excluding ortho intramolecular Hbond substituents is 1. The van der Waals surface area contributed by atoms with E-state index >= 15 is 0 Å². The molecule has 0 bridgehead atoms. The lowest BCUT2D eigenvalue weighted by atomic mass is 9.69. The van der Waals surface area contributed by atoms with Crippen molar-refractivity contribution in [2.45, 2.75) is 69.0 Å². The number of nitrogens with one attached hydrogen (secondary N) is 1. The molecule has 5 heterocycles. The van der Waals surface area contributed by atoms with Gasteiger partial charge in [0.2, 0.25) is 11.8 Å². The van der Waals surface area contributed by atoms with Gasteiger partial charge in [-0.2, -0.15) is 0 Å². The maximum Gasteiger partial charge on any atom is 0.255 e. The molecule has 5 aliphatic heterocycles. The molecule has 4 aromatic carbocycles. The van der Waals surface area contributed by atoms with Crippen molar-refractivity contribution in [3.05, 3.63) is 118 Å². The maximum absolute atomic E-state index is 13.4. The van der Waals surface area contributed by atoms with Gasteiger partial charge in [-0.05, 0) is 103 Å². The van der Waals surface area contributed by atoms with Crippen LogP contribution >= 0.6 is 0 Å². The highest BCUT2D eigenvalue weighted by Crippen LogP contribution is 2.48. The van der Waals surface area contributed by atoms with E-state index in [2.05, 4.69) is 80.7 Å². The van der Waals surface area contributed by atoms with Crippen LogP contribution in [0.4, 0.5) is 11.4 Å². The van der Waals surface area contributed by atoms with Crippen molar-refractivity contribution in [1.29, 1.82) is 0 Å². The molecule has 10 heteroatoms. The molecule has 0 radical (unpaired) electrons. The summed E-state index contributed by atoms with van der Waals surface area (Å²) in [5.41, 5.74) is 9.11. The fourth-order valence-corrected chi connectivity index (χ4v) is 10.6. The normalized spacial score (nSPS) is 25.2. The van der Waals surface area contributed by atoms with E-state index in [-0.39, 0.29) is 30.2 Å². The van der Waals surface area contributed by atoms with E-state index in [0.29, 0.717) is 42.7 Å². The van der Waals surface area contributed by atoms with Crippen molar-refractivity contribution >= 4 is 29.1 Å². The third-order valence-electron chi connectivity index (χ3n) is 13.5. The monoisotopic (exact) mass is 751 g/mol. The molecular weight excluding hydrogens is 703 g/mol. The Labute approximate surface area is 328 Å². The number of anilines is 2. The molecule has 3 fully saturated rings. The summed E-state index contributed by atoms with van der Waals surface area (Å²) in [7, 11) is 0. The molecule has 1 unspecified atom stereocenters. The molecule has 1 aliphatic carbocycles. The fraction of sp³-hybridized carbons (Fsp3) is 0.413. The highest BCUT2D eigenvalue weighted by Gasteiger charge is 2.43. The van der Waals surface area contributed by atoms with Gasteiger partial charge in [0.25, 0.3) is 5.91 Å². The number of aromatic hydroxyl groups is 1.